The fourth-order valence-electron chi connectivity index (χ4n) is 5.09. The Kier molecular flexibility index (Phi) is 7.49. The molecule has 8 nitrogen and oxygen atoms in total. The van der Waals surface area contributed by atoms with Gasteiger partial charge in [-0.1, -0.05) is 55.1 Å². The number of carbonyl (C=O) groups is 2. The van der Waals surface area contributed by atoms with Gasteiger partial charge in [0, 0.05) is 28.8 Å². The molecule has 3 aromatic rings. The maximum Gasteiger partial charge on any atom is 0.219 e. The normalized spacial score (nSPS) is 18.4. The molecular weight excluding hydrogens is 549 g/mol. The number of anilines is 1. The van der Waals surface area contributed by atoms with Crippen molar-refractivity contribution >= 4 is 39.8 Å². The highest BCUT2D eigenvalue weighted by atomic mass is 32.2. The maximum absolute atomic E-state index is 15.0. The number of nitriles is 1. The van der Waals surface area contributed by atoms with Crippen LogP contribution in [0.25, 0.3) is 0 Å². The molecule has 1 aromatic heterocycles. The van der Waals surface area contributed by atoms with Crippen LogP contribution in [0.1, 0.15) is 48.5 Å². The first-order chi connectivity index (χ1) is 19.1. The predicted octanol–water partition coefficient (Wildman–Crippen LogP) is 5.60. The van der Waals surface area contributed by atoms with Crippen molar-refractivity contribution in [3.63, 3.8) is 0 Å². The van der Waals surface area contributed by atoms with E-state index in [-0.39, 0.29) is 46.1 Å². The fraction of sp³-hybridized carbons (Fsp3) is 0.276. The highest BCUT2D eigenvalue weighted by molar-refractivity contribution is 8.01. The molecule has 2 aromatic carbocycles. The summed E-state index contributed by atoms with van der Waals surface area (Å²) in [6, 6.07) is 15.1. The smallest absolute Gasteiger partial charge is 0.219 e. The zero-order valence-corrected chi connectivity index (χ0v) is 23.7. The van der Waals surface area contributed by atoms with Gasteiger partial charge >= 0.3 is 0 Å². The van der Waals surface area contributed by atoms with Crippen LogP contribution in [-0.2, 0) is 4.79 Å². The minimum atomic E-state index is -0.912. The van der Waals surface area contributed by atoms with Gasteiger partial charge in [0.05, 0.1) is 30.4 Å². The van der Waals surface area contributed by atoms with E-state index in [0.29, 0.717) is 38.5 Å². The van der Waals surface area contributed by atoms with Gasteiger partial charge in [0.25, 0.3) is 0 Å². The van der Waals surface area contributed by atoms with Crippen molar-refractivity contribution in [1.82, 2.24) is 10.2 Å². The predicted molar refractivity (Wildman–Crippen MR) is 151 cm³/mol. The van der Waals surface area contributed by atoms with E-state index in [1.54, 1.807) is 54.5 Å². The molecule has 40 heavy (non-hydrogen) atoms. The average Bonchev–Trinajstić information content (AvgIpc) is 3.39. The van der Waals surface area contributed by atoms with Crippen molar-refractivity contribution in [2.45, 2.75) is 36.9 Å². The molecule has 0 radical (unpaired) electrons. The zero-order valence-electron chi connectivity index (χ0n) is 22.1. The number of Topliss-reactive ketones (excluding diaryl/α,β-unsaturated/α-hetero) is 2. The van der Waals surface area contributed by atoms with Crippen LogP contribution in [0.15, 0.2) is 75.5 Å². The number of thioether (sulfide) groups is 1. The van der Waals surface area contributed by atoms with Crippen molar-refractivity contribution in [3.05, 3.63) is 88.1 Å². The highest BCUT2D eigenvalue weighted by Crippen LogP contribution is 2.51. The topological polar surface area (TPSA) is 122 Å². The van der Waals surface area contributed by atoms with Gasteiger partial charge in [-0.05, 0) is 42.2 Å². The third kappa shape index (κ3) is 5.12. The van der Waals surface area contributed by atoms with Crippen molar-refractivity contribution in [2.24, 2.45) is 11.1 Å². The fourth-order valence-corrected chi connectivity index (χ4v) is 6.86. The van der Waals surface area contributed by atoms with Gasteiger partial charge in [0.2, 0.25) is 5.13 Å². The van der Waals surface area contributed by atoms with Crippen LogP contribution in [0.5, 0.6) is 5.75 Å². The first kappa shape index (κ1) is 27.6. The molecule has 2 heterocycles. The van der Waals surface area contributed by atoms with Gasteiger partial charge in [0.1, 0.15) is 17.4 Å². The van der Waals surface area contributed by atoms with Crippen LogP contribution in [0, 0.1) is 22.6 Å². The van der Waals surface area contributed by atoms with Crippen LogP contribution in [0.4, 0.5) is 9.52 Å². The number of rotatable bonds is 7. The third-order valence-corrected chi connectivity index (χ3v) is 8.96. The number of allylic oxidation sites excluding steroid dienone is 3. The van der Waals surface area contributed by atoms with Crippen LogP contribution in [0.3, 0.4) is 0 Å². The molecule has 5 rings (SSSR count). The lowest BCUT2D eigenvalue weighted by molar-refractivity contribution is -0.118. The Bertz CT molecular complexity index is 1600. The van der Waals surface area contributed by atoms with Crippen LogP contribution in [-0.4, -0.2) is 34.6 Å². The number of carbonyl (C=O) groups excluding carboxylic acids is 2. The SMILES string of the molecule is COc1ccc(C(=O)CSc2nnc(N3C(N)=C(C#N)C(c4ccccc4F)C4=C3CC(C)(C)CC4=O)s2)cc1. The minimum absolute atomic E-state index is 0.0779. The Balaban J connectivity index is 1.50. The summed E-state index contributed by atoms with van der Waals surface area (Å²) in [5, 5.41) is 19.1. The van der Waals surface area contributed by atoms with Crippen LogP contribution >= 0.6 is 23.1 Å². The highest BCUT2D eigenvalue weighted by Gasteiger charge is 2.46. The monoisotopic (exact) mass is 575 g/mol. The number of ketones is 2. The average molecular weight is 576 g/mol. The molecule has 2 aliphatic rings. The Hall–Kier alpha value is -4.01. The van der Waals surface area contributed by atoms with E-state index in [4.69, 9.17) is 10.5 Å². The molecule has 204 valence electrons. The maximum atomic E-state index is 15.0. The van der Waals surface area contributed by atoms with Crippen LogP contribution in [0.2, 0.25) is 0 Å². The molecule has 0 saturated carbocycles. The molecule has 2 N–H and O–H groups in total. The Labute approximate surface area is 239 Å². The molecule has 0 bridgehead atoms. The Morgan fingerprint density at radius 3 is 2.62 bits per heavy atom. The number of aromatic nitrogens is 2. The molecule has 0 amide bonds. The molecule has 1 unspecified atom stereocenters. The molecular formula is C29H26FN5O3S2. The van der Waals surface area contributed by atoms with E-state index in [1.165, 1.54) is 29.2 Å². The zero-order chi connectivity index (χ0) is 28.6. The van der Waals surface area contributed by atoms with Crippen molar-refractivity contribution in [1.29, 1.82) is 5.26 Å². The summed E-state index contributed by atoms with van der Waals surface area (Å²) in [6.45, 7) is 3.97. The second kappa shape index (κ2) is 10.9. The number of hydrogen-bond acceptors (Lipinski definition) is 10. The molecule has 0 saturated heterocycles. The van der Waals surface area contributed by atoms with Gasteiger partial charge in [-0.2, -0.15) is 5.26 Å². The summed E-state index contributed by atoms with van der Waals surface area (Å²) < 4.78 is 20.7. The lowest BCUT2D eigenvalue weighted by atomic mass is 9.68. The first-order valence-electron chi connectivity index (χ1n) is 12.5. The van der Waals surface area contributed by atoms with E-state index < -0.39 is 11.7 Å². The van der Waals surface area contributed by atoms with E-state index in [0.717, 1.165) is 0 Å². The summed E-state index contributed by atoms with van der Waals surface area (Å²) in [6.07, 6.45) is 0.727. The van der Waals surface area contributed by atoms with Gasteiger partial charge in [-0.25, -0.2) is 4.39 Å². The lowest BCUT2D eigenvalue weighted by Crippen LogP contribution is -2.42. The molecule has 0 spiro atoms. The Morgan fingerprint density at radius 2 is 1.95 bits per heavy atom. The standard InChI is InChI=1S/C29H26FN5O3S2/c1-29(2)12-21-25(22(36)13-29)24(18-6-4-5-7-20(18)30)19(14-31)26(32)35(21)27-33-34-28(40-27)39-15-23(37)16-8-10-17(38-3)11-9-16/h4-11,24H,12-13,15,32H2,1-3H3. The molecule has 1 aliphatic heterocycles. The van der Waals surface area contributed by atoms with E-state index in [2.05, 4.69) is 16.3 Å². The third-order valence-electron chi connectivity index (χ3n) is 6.92. The molecule has 11 heteroatoms. The lowest BCUT2D eigenvalue weighted by Gasteiger charge is -2.42. The number of methoxy groups -OCH3 is 1. The second-order valence-electron chi connectivity index (χ2n) is 10.3. The summed E-state index contributed by atoms with van der Waals surface area (Å²) in [7, 11) is 1.56. The minimum Gasteiger partial charge on any atom is -0.497 e. The number of halogens is 1. The van der Waals surface area contributed by atoms with Gasteiger partial charge in [-0.3, -0.25) is 14.5 Å². The van der Waals surface area contributed by atoms with Crippen LogP contribution < -0.4 is 15.4 Å². The number of nitrogens with zero attached hydrogens (tertiary/aromatic N) is 4. The van der Waals surface area contributed by atoms with Crippen molar-refractivity contribution in [3.8, 4) is 11.8 Å². The number of nitrogens with two attached hydrogens (primary N) is 1. The number of benzene rings is 2. The largest absolute Gasteiger partial charge is 0.497 e. The van der Waals surface area contributed by atoms with Crippen molar-refractivity contribution < 1.29 is 18.7 Å². The quantitative estimate of drug-likeness (QED) is 0.283. The first-order valence-corrected chi connectivity index (χ1v) is 14.3. The molecule has 0 fully saturated rings. The van der Waals surface area contributed by atoms with E-state index >= 15 is 4.39 Å². The number of ether oxygens (including phenoxy) is 1. The molecule has 1 atom stereocenters. The van der Waals surface area contributed by atoms with Gasteiger partial charge in [0.15, 0.2) is 15.9 Å². The van der Waals surface area contributed by atoms with E-state index in [9.17, 15) is 14.9 Å². The summed E-state index contributed by atoms with van der Waals surface area (Å²) in [4.78, 5) is 27.9. The van der Waals surface area contributed by atoms with Crippen molar-refractivity contribution in [2.75, 3.05) is 17.8 Å². The number of hydrogen-bond donors (Lipinski definition) is 1. The van der Waals surface area contributed by atoms with Gasteiger partial charge < -0.3 is 10.5 Å². The summed E-state index contributed by atoms with van der Waals surface area (Å²) in [5.74, 6) is -0.768. The van der Waals surface area contributed by atoms with Gasteiger partial charge in [-0.15, -0.1) is 10.2 Å². The molecule has 1 aliphatic carbocycles. The summed E-state index contributed by atoms with van der Waals surface area (Å²) in [5.41, 5.74) is 8.02. The van der Waals surface area contributed by atoms with E-state index in [1.807, 2.05) is 13.8 Å². The Morgan fingerprint density at radius 1 is 1.23 bits per heavy atom. The second-order valence-corrected chi connectivity index (χ2v) is 12.5. The summed E-state index contributed by atoms with van der Waals surface area (Å²) >= 11 is 2.45.